The summed E-state index contributed by atoms with van der Waals surface area (Å²) in [6.45, 7) is 0. The summed E-state index contributed by atoms with van der Waals surface area (Å²) >= 11 is 0. The molecular weight excluding hydrogens is 202 g/mol. The molecule has 1 heterocycles. The molecule has 0 unspecified atom stereocenters. The standard InChI is InChI=1S/C12H9N3O/c13-9-10-3-5-11(6-4-10)14-12(16)15-7-1-2-8-15/h1-8H,(H,14,16). The molecule has 0 aliphatic carbocycles. The van der Waals surface area contributed by atoms with E-state index in [1.165, 1.54) is 4.57 Å². The molecule has 0 aliphatic heterocycles. The van der Waals surface area contributed by atoms with Gasteiger partial charge in [0.1, 0.15) is 0 Å². The average molecular weight is 211 g/mol. The van der Waals surface area contributed by atoms with E-state index in [-0.39, 0.29) is 6.03 Å². The van der Waals surface area contributed by atoms with E-state index in [1.807, 2.05) is 6.07 Å². The van der Waals surface area contributed by atoms with E-state index in [2.05, 4.69) is 5.32 Å². The second kappa shape index (κ2) is 4.32. The van der Waals surface area contributed by atoms with Crippen LogP contribution in [-0.2, 0) is 0 Å². The highest BCUT2D eigenvalue weighted by atomic mass is 16.2. The molecule has 1 N–H and O–H groups in total. The third-order valence-electron chi connectivity index (χ3n) is 2.10. The summed E-state index contributed by atoms with van der Waals surface area (Å²) in [5, 5.41) is 11.3. The maximum Gasteiger partial charge on any atom is 0.329 e. The lowest BCUT2D eigenvalue weighted by Crippen LogP contribution is -2.17. The highest BCUT2D eigenvalue weighted by Crippen LogP contribution is 2.09. The first-order chi connectivity index (χ1) is 7.79. The lowest BCUT2D eigenvalue weighted by atomic mass is 10.2. The van der Waals surface area contributed by atoms with E-state index < -0.39 is 0 Å². The van der Waals surface area contributed by atoms with Crippen LogP contribution in [0.2, 0.25) is 0 Å². The summed E-state index contributed by atoms with van der Waals surface area (Å²) in [6, 6.07) is 12.0. The van der Waals surface area contributed by atoms with Gasteiger partial charge in [0, 0.05) is 18.1 Å². The summed E-state index contributed by atoms with van der Waals surface area (Å²) in [4.78, 5) is 11.6. The van der Waals surface area contributed by atoms with Crippen LogP contribution in [0.15, 0.2) is 48.8 Å². The van der Waals surface area contributed by atoms with Gasteiger partial charge in [-0.1, -0.05) is 0 Å². The number of carbonyl (C=O) groups excluding carboxylic acids is 1. The van der Waals surface area contributed by atoms with Gasteiger partial charge in [0.2, 0.25) is 0 Å². The van der Waals surface area contributed by atoms with Crippen LogP contribution in [0.5, 0.6) is 0 Å². The number of aromatic nitrogens is 1. The Kier molecular flexibility index (Phi) is 2.70. The van der Waals surface area contributed by atoms with Crippen molar-refractivity contribution in [1.29, 1.82) is 5.26 Å². The molecular formula is C12H9N3O. The lowest BCUT2D eigenvalue weighted by Gasteiger charge is -2.05. The Labute approximate surface area is 92.7 Å². The van der Waals surface area contributed by atoms with Gasteiger partial charge in [-0.15, -0.1) is 0 Å². The van der Waals surface area contributed by atoms with Gasteiger partial charge >= 0.3 is 6.03 Å². The van der Waals surface area contributed by atoms with Crippen molar-refractivity contribution >= 4 is 11.7 Å². The molecule has 2 rings (SSSR count). The lowest BCUT2D eigenvalue weighted by molar-refractivity contribution is 0.253. The molecule has 2 aromatic rings. The molecule has 4 heteroatoms. The quantitative estimate of drug-likeness (QED) is 0.787. The van der Waals surface area contributed by atoms with Gasteiger partial charge < -0.3 is 5.32 Å². The first-order valence-electron chi connectivity index (χ1n) is 4.74. The first-order valence-corrected chi connectivity index (χ1v) is 4.74. The number of nitrogens with one attached hydrogen (secondary N) is 1. The summed E-state index contributed by atoms with van der Waals surface area (Å²) < 4.78 is 1.44. The molecule has 1 amide bonds. The van der Waals surface area contributed by atoms with Crippen molar-refractivity contribution in [3.63, 3.8) is 0 Å². The summed E-state index contributed by atoms with van der Waals surface area (Å²) in [5.74, 6) is 0. The Hall–Kier alpha value is -2.54. The number of amides is 1. The van der Waals surface area contributed by atoms with Gasteiger partial charge in [0.05, 0.1) is 11.6 Å². The van der Waals surface area contributed by atoms with Crippen LogP contribution >= 0.6 is 0 Å². The number of rotatable bonds is 1. The van der Waals surface area contributed by atoms with Crippen molar-refractivity contribution < 1.29 is 4.79 Å². The monoisotopic (exact) mass is 211 g/mol. The van der Waals surface area contributed by atoms with Gasteiger partial charge in [-0.25, -0.2) is 4.79 Å². The summed E-state index contributed by atoms with van der Waals surface area (Å²) in [5.41, 5.74) is 1.23. The summed E-state index contributed by atoms with van der Waals surface area (Å²) in [6.07, 6.45) is 3.33. The number of hydrogen-bond donors (Lipinski definition) is 1. The van der Waals surface area contributed by atoms with Crippen molar-refractivity contribution in [3.05, 3.63) is 54.4 Å². The van der Waals surface area contributed by atoms with E-state index >= 15 is 0 Å². The second-order valence-corrected chi connectivity index (χ2v) is 3.21. The molecule has 1 aromatic heterocycles. The second-order valence-electron chi connectivity index (χ2n) is 3.21. The van der Waals surface area contributed by atoms with Crippen molar-refractivity contribution in [1.82, 2.24) is 4.57 Å². The largest absolute Gasteiger partial charge is 0.329 e. The van der Waals surface area contributed by atoms with E-state index in [9.17, 15) is 4.79 Å². The SMILES string of the molecule is N#Cc1ccc(NC(=O)n2cccc2)cc1. The topological polar surface area (TPSA) is 57.8 Å². The Morgan fingerprint density at radius 2 is 1.81 bits per heavy atom. The maximum atomic E-state index is 11.6. The number of nitrogens with zero attached hydrogens (tertiary/aromatic N) is 2. The summed E-state index contributed by atoms with van der Waals surface area (Å²) in [7, 11) is 0. The molecule has 16 heavy (non-hydrogen) atoms. The van der Waals surface area contributed by atoms with E-state index in [0.717, 1.165) is 0 Å². The van der Waals surface area contributed by atoms with Crippen LogP contribution in [0.4, 0.5) is 10.5 Å². The van der Waals surface area contributed by atoms with Gasteiger partial charge in [0.25, 0.3) is 0 Å². The van der Waals surface area contributed by atoms with Crippen LogP contribution in [0.25, 0.3) is 0 Å². The Morgan fingerprint density at radius 3 is 2.38 bits per heavy atom. The molecule has 0 bridgehead atoms. The molecule has 0 saturated heterocycles. The Balaban J connectivity index is 2.10. The van der Waals surface area contributed by atoms with Crippen LogP contribution in [0.1, 0.15) is 5.56 Å². The average Bonchev–Trinajstić information content (AvgIpc) is 2.83. The minimum Gasteiger partial charge on any atom is -0.307 e. The first kappa shape index (κ1) is 9.99. The molecule has 1 aromatic carbocycles. The molecule has 0 radical (unpaired) electrons. The number of anilines is 1. The van der Waals surface area contributed by atoms with Crippen LogP contribution in [-0.4, -0.2) is 10.6 Å². The third kappa shape index (κ3) is 2.10. The van der Waals surface area contributed by atoms with Gasteiger partial charge in [-0.3, -0.25) is 4.57 Å². The number of nitriles is 1. The van der Waals surface area contributed by atoms with E-state index in [1.54, 1.807) is 48.8 Å². The Bertz CT molecular complexity index is 520. The van der Waals surface area contributed by atoms with Gasteiger partial charge in [-0.05, 0) is 36.4 Å². The molecule has 78 valence electrons. The predicted molar refractivity (Wildman–Crippen MR) is 60.0 cm³/mol. The van der Waals surface area contributed by atoms with Crippen molar-refractivity contribution in [2.24, 2.45) is 0 Å². The number of benzene rings is 1. The van der Waals surface area contributed by atoms with Crippen molar-refractivity contribution in [2.45, 2.75) is 0 Å². The smallest absolute Gasteiger partial charge is 0.307 e. The zero-order valence-corrected chi connectivity index (χ0v) is 8.42. The molecule has 0 spiro atoms. The Morgan fingerprint density at radius 1 is 1.19 bits per heavy atom. The zero-order valence-electron chi connectivity index (χ0n) is 8.42. The zero-order chi connectivity index (χ0) is 11.4. The number of carbonyl (C=O) groups is 1. The van der Waals surface area contributed by atoms with Gasteiger partial charge in [-0.2, -0.15) is 5.26 Å². The number of hydrogen-bond acceptors (Lipinski definition) is 2. The fourth-order valence-corrected chi connectivity index (χ4v) is 1.29. The molecule has 0 saturated carbocycles. The fourth-order valence-electron chi connectivity index (χ4n) is 1.29. The predicted octanol–water partition coefficient (Wildman–Crippen LogP) is 2.44. The minimum atomic E-state index is -0.227. The van der Waals surface area contributed by atoms with Crippen LogP contribution in [0, 0.1) is 11.3 Å². The fraction of sp³-hybridized carbons (Fsp3) is 0. The van der Waals surface area contributed by atoms with Crippen molar-refractivity contribution in [3.8, 4) is 6.07 Å². The molecule has 0 aliphatic rings. The highest BCUT2D eigenvalue weighted by molar-refractivity contribution is 5.91. The van der Waals surface area contributed by atoms with E-state index in [4.69, 9.17) is 5.26 Å². The maximum absolute atomic E-state index is 11.6. The van der Waals surface area contributed by atoms with Crippen LogP contribution in [0.3, 0.4) is 0 Å². The van der Waals surface area contributed by atoms with E-state index in [0.29, 0.717) is 11.3 Å². The molecule has 0 atom stereocenters. The van der Waals surface area contributed by atoms with Crippen LogP contribution < -0.4 is 5.32 Å². The molecule has 0 fully saturated rings. The third-order valence-corrected chi connectivity index (χ3v) is 2.10. The van der Waals surface area contributed by atoms with Gasteiger partial charge in [0.15, 0.2) is 0 Å². The molecule has 4 nitrogen and oxygen atoms in total. The van der Waals surface area contributed by atoms with Crippen molar-refractivity contribution in [2.75, 3.05) is 5.32 Å². The minimum absolute atomic E-state index is 0.227. The highest BCUT2D eigenvalue weighted by Gasteiger charge is 2.02. The normalized spacial score (nSPS) is 9.44.